The van der Waals surface area contributed by atoms with Gasteiger partial charge in [-0.15, -0.1) is 0 Å². The lowest BCUT2D eigenvalue weighted by Gasteiger charge is -2.01. The third kappa shape index (κ3) is 6.40. The van der Waals surface area contributed by atoms with E-state index in [2.05, 4.69) is 10.3 Å². The van der Waals surface area contributed by atoms with Crippen molar-refractivity contribution >= 4 is 9.84 Å². The van der Waals surface area contributed by atoms with E-state index >= 15 is 0 Å². The van der Waals surface area contributed by atoms with Crippen molar-refractivity contribution in [3.8, 4) is 0 Å². The average Bonchev–Trinajstić information content (AvgIpc) is 2.69. The summed E-state index contributed by atoms with van der Waals surface area (Å²) in [7, 11) is -1.26. The van der Waals surface area contributed by atoms with E-state index in [0.29, 0.717) is 19.7 Å². The van der Waals surface area contributed by atoms with E-state index in [-0.39, 0.29) is 5.75 Å². The Morgan fingerprint density at radius 2 is 2.29 bits per heavy atom. The molecule has 6 nitrogen and oxygen atoms in total. The van der Waals surface area contributed by atoms with Gasteiger partial charge in [0.1, 0.15) is 9.84 Å². The molecular formula is C10H19N3O3S. The van der Waals surface area contributed by atoms with E-state index in [1.807, 2.05) is 6.20 Å². The Kier molecular flexibility index (Phi) is 5.60. The molecule has 0 spiro atoms. The molecule has 1 aromatic heterocycles. The van der Waals surface area contributed by atoms with Crippen LogP contribution in [0.3, 0.4) is 0 Å². The molecule has 0 saturated carbocycles. The molecule has 0 fully saturated rings. The molecule has 1 N–H and O–H groups in total. The third-order valence-electron chi connectivity index (χ3n) is 2.20. The van der Waals surface area contributed by atoms with Crippen molar-refractivity contribution in [2.75, 3.05) is 32.3 Å². The second-order valence-electron chi connectivity index (χ2n) is 3.90. The van der Waals surface area contributed by atoms with Gasteiger partial charge in [0, 0.05) is 39.2 Å². The van der Waals surface area contributed by atoms with Crippen molar-refractivity contribution in [2.45, 2.75) is 13.1 Å². The minimum absolute atomic E-state index is 0.139. The van der Waals surface area contributed by atoms with Crippen molar-refractivity contribution in [1.29, 1.82) is 0 Å². The van der Waals surface area contributed by atoms with Crippen LogP contribution in [-0.4, -0.2) is 50.2 Å². The molecule has 98 valence electrons. The first-order valence-corrected chi connectivity index (χ1v) is 7.45. The van der Waals surface area contributed by atoms with Gasteiger partial charge in [0.2, 0.25) is 0 Å². The van der Waals surface area contributed by atoms with E-state index in [0.717, 1.165) is 12.2 Å². The van der Waals surface area contributed by atoms with Crippen molar-refractivity contribution in [3.63, 3.8) is 0 Å². The maximum absolute atomic E-state index is 11.0. The summed E-state index contributed by atoms with van der Waals surface area (Å²) in [6, 6.07) is 0. The largest absolute Gasteiger partial charge is 0.383 e. The summed E-state index contributed by atoms with van der Waals surface area (Å²) in [5.74, 6) is 0.139. The van der Waals surface area contributed by atoms with Gasteiger partial charge in [0.25, 0.3) is 0 Å². The number of hydrogen-bond donors (Lipinski definition) is 1. The second kappa shape index (κ2) is 6.73. The summed E-state index contributed by atoms with van der Waals surface area (Å²) in [6.45, 7) is 2.54. The molecule has 0 aliphatic rings. The topological polar surface area (TPSA) is 73.2 Å². The first-order valence-electron chi connectivity index (χ1n) is 5.39. The molecule has 1 rings (SSSR count). The van der Waals surface area contributed by atoms with Crippen LogP contribution in [0, 0.1) is 0 Å². The van der Waals surface area contributed by atoms with Gasteiger partial charge in [0.15, 0.2) is 0 Å². The monoisotopic (exact) mass is 261 g/mol. The number of nitrogens with one attached hydrogen (secondary N) is 1. The van der Waals surface area contributed by atoms with Gasteiger partial charge in [-0.2, -0.15) is 0 Å². The molecule has 17 heavy (non-hydrogen) atoms. The van der Waals surface area contributed by atoms with Crippen molar-refractivity contribution in [3.05, 3.63) is 18.2 Å². The number of methoxy groups -OCH3 is 1. The van der Waals surface area contributed by atoms with Crippen LogP contribution < -0.4 is 5.32 Å². The van der Waals surface area contributed by atoms with Crippen molar-refractivity contribution in [1.82, 2.24) is 14.9 Å². The Morgan fingerprint density at radius 3 is 2.94 bits per heavy atom. The van der Waals surface area contributed by atoms with E-state index in [4.69, 9.17) is 4.74 Å². The number of ether oxygens (including phenoxy) is 1. The maximum Gasteiger partial charge on any atom is 0.149 e. The Bertz CT molecular complexity index is 428. The minimum atomic E-state index is -2.92. The average molecular weight is 261 g/mol. The normalized spacial score (nSPS) is 11.9. The van der Waals surface area contributed by atoms with Crippen molar-refractivity contribution in [2.24, 2.45) is 0 Å². The van der Waals surface area contributed by atoms with E-state index in [9.17, 15) is 8.42 Å². The summed E-state index contributed by atoms with van der Waals surface area (Å²) in [5.41, 5.74) is 0.898. The molecule has 0 aromatic carbocycles. The molecule has 0 aliphatic heterocycles. The van der Waals surface area contributed by atoms with Crippen LogP contribution in [0.25, 0.3) is 0 Å². The summed E-state index contributed by atoms with van der Waals surface area (Å²) >= 11 is 0. The lowest BCUT2D eigenvalue weighted by molar-refractivity contribution is 0.199. The number of imidazole rings is 1. The highest BCUT2D eigenvalue weighted by Crippen LogP contribution is 1.97. The van der Waals surface area contributed by atoms with E-state index in [1.54, 1.807) is 18.0 Å². The molecule has 7 heteroatoms. The second-order valence-corrected chi connectivity index (χ2v) is 6.16. The zero-order valence-corrected chi connectivity index (χ0v) is 11.0. The number of hydrogen-bond acceptors (Lipinski definition) is 5. The summed E-state index contributed by atoms with van der Waals surface area (Å²) in [4.78, 5) is 4.18. The lowest BCUT2D eigenvalue weighted by Crippen LogP contribution is -2.18. The molecule has 0 unspecified atom stereocenters. The van der Waals surface area contributed by atoms with Gasteiger partial charge in [-0.05, 0) is 0 Å². The predicted molar refractivity (Wildman–Crippen MR) is 65.5 cm³/mol. The van der Waals surface area contributed by atoms with Gasteiger partial charge in [-0.25, -0.2) is 13.4 Å². The summed E-state index contributed by atoms with van der Waals surface area (Å²) < 4.78 is 28.7. The van der Waals surface area contributed by atoms with E-state index in [1.165, 1.54) is 6.26 Å². The Hall–Kier alpha value is -0.920. The molecule has 0 amide bonds. The number of sulfone groups is 1. The fourth-order valence-corrected chi connectivity index (χ4v) is 1.82. The van der Waals surface area contributed by atoms with Crippen molar-refractivity contribution < 1.29 is 13.2 Å². The standard InChI is InChI=1S/C10H19N3O3S/c1-16-5-3-11-7-10-8-13(9-12-10)4-6-17(2,14)15/h8-9,11H,3-7H2,1-2H3. The Labute approximate surface area is 102 Å². The fraction of sp³-hybridized carbons (Fsp3) is 0.700. The molecule has 0 radical (unpaired) electrons. The third-order valence-corrected chi connectivity index (χ3v) is 3.12. The maximum atomic E-state index is 11.0. The molecule has 0 atom stereocenters. The summed E-state index contributed by atoms with van der Waals surface area (Å²) in [5, 5.41) is 3.17. The first kappa shape index (κ1) is 14.1. The molecule has 0 saturated heterocycles. The van der Waals surface area contributed by atoms with Gasteiger partial charge in [-0.1, -0.05) is 0 Å². The Balaban J connectivity index is 2.32. The van der Waals surface area contributed by atoms with Gasteiger partial charge in [-0.3, -0.25) is 0 Å². The van der Waals surface area contributed by atoms with Crippen LogP contribution >= 0.6 is 0 Å². The smallest absolute Gasteiger partial charge is 0.149 e. The molecule has 0 aliphatic carbocycles. The highest BCUT2D eigenvalue weighted by molar-refractivity contribution is 7.90. The zero-order valence-electron chi connectivity index (χ0n) is 10.2. The highest BCUT2D eigenvalue weighted by Gasteiger charge is 2.03. The molecule has 1 aromatic rings. The Morgan fingerprint density at radius 1 is 1.53 bits per heavy atom. The zero-order chi connectivity index (χ0) is 12.7. The number of nitrogens with zero attached hydrogens (tertiary/aromatic N) is 2. The number of aromatic nitrogens is 2. The molecule has 0 bridgehead atoms. The quantitative estimate of drug-likeness (QED) is 0.648. The van der Waals surface area contributed by atoms with Gasteiger partial charge in [0.05, 0.1) is 24.4 Å². The molecular weight excluding hydrogens is 242 g/mol. The number of rotatable bonds is 8. The molecule has 1 heterocycles. The lowest BCUT2D eigenvalue weighted by atomic mass is 10.4. The van der Waals surface area contributed by atoms with E-state index < -0.39 is 9.84 Å². The minimum Gasteiger partial charge on any atom is -0.383 e. The van der Waals surface area contributed by atoms with Gasteiger partial charge < -0.3 is 14.6 Å². The van der Waals surface area contributed by atoms with Crippen LogP contribution in [0.4, 0.5) is 0 Å². The van der Waals surface area contributed by atoms with Crippen LogP contribution in [0.15, 0.2) is 12.5 Å². The summed E-state index contributed by atoms with van der Waals surface area (Å²) in [6.07, 6.45) is 4.74. The first-order chi connectivity index (χ1) is 8.01. The van der Waals surface area contributed by atoms with Crippen LogP contribution in [0.2, 0.25) is 0 Å². The highest BCUT2D eigenvalue weighted by atomic mass is 32.2. The SMILES string of the molecule is COCCNCc1cn(CCS(C)(=O)=O)cn1. The van der Waals surface area contributed by atoms with Crippen LogP contribution in [0.1, 0.15) is 5.69 Å². The number of aryl methyl sites for hydroxylation is 1. The predicted octanol–water partition coefficient (Wildman–Crippen LogP) is -0.336. The van der Waals surface area contributed by atoms with Crippen LogP contribution in [-0.2, 0) is 27.7 Å². The van der Waals surface area contributed by atoms with Crippen LogP contribution in [0.5, 0.6) is 0 Å². The fourth-order valence-electron chi connectivity index (χ4n) is 1.28. The van der Waals surface area contributed by atoms with Gasteiger partial charge >= 0.3 is 0 Å².